The fourth-order valence-corrected chi connectivity index (χ4v) is 3.95. The van der Waals surface area contributed by atoms with Gasteiger partial charge in [0.1, 0.15) is 5.69 Å². The van der Waals surface area contributed by atoms with Crippen molar-refractivity contribution >= 4 is 35.5 Å². The van der Waals surface area contributed by atoms with E-state index in [1.807, 2.05) is 11.7 Å². The van der Waals surface area contributed by atoms with E-state index in [4.69, 9.17) is 28.9 Å². The van der Waals surface area contributed by atoms with Crippen LogP contribution in [0, 0.1) is 5.92 Å². The molecule has 2 aromatic rings. The number of hydrogen-bond acceptors (Lipinski definition) is 4. The third-order valence-corrected chi connectivity index (χ3v) is 6.18. The summed E-state index contributed by atoms with van der Waals surface area (Å²) in [5.41, 5.74) is 8.17. The van der Waals surface area contributed by atoms with Crippen molar-refractivity contribution in [1.29, 1.82) is 0 Å². The molecule has 1 fully saturated rings. The highest BCUT2D eigenvalue weighted by molar-refractivity contribution is 6.42. The van der Waals surface area contributed by atoms with E-state index in [2.05, 4.69) is 15.3 Å². The Kier molecular flexibility index (Phi) is 7.51. The van der Waals surface area contributed by atoms with E-state index in [0.717, 1.165) is 24.3 Å². The molecule has 2 heterocycles. The summed E-state index contributed by atoms with van der Waals surface area (Å²) in [6, 6.07) is 5.18. The van der Waals surface area contributed by atoms with Crippen LogP contribution in [0.1, 0.15) is 28.9 Å². The van der Waals surface area contributed by atoms with Crippen molar-refractivity contribution in [3.63, 3.8) is 0 Å². The lowest BCUT2D eigenvalue weighted by Gasteiger charge is -2.33. The van der Waals surface area contributed by atoms with Crippen LogP contribution in [0.2, 0.25) is 10.0 Å². The molecule has 2 amide bonds. The van der Waals surface area contributed by atoms with Crippen molar-refractivity contribution in [3.05, 3.63) is 39.5 Å². The molecule has 1 aromatic carbocycles. The van der Waals surface area contributed by atoms with Gasteiger partial charge >= 0.3 is 0 Å². The van der Waals surface area contributed by atoms with E-state index in [0.29, 0.717) is 47.1 Å². The van der Waals surface area contributed by atoms with Gasteiger partial charge < -0.3 is 11.1 Å². The standard InChI is InChI=1S/C14H14Cl2N4O.C6H9F2NO/c1-19-4-5-20-11(7-19)12(14(17)21)13(18-20)8-2-3-9(15)10(16)6-8;7-6(8)4-1-5(2-4)9-3-10/h2-3,6H,4-5,7H2,1H3,(H2,17,21);3-6H,1-2H2,(H,9,10). The summed E-state index contributed by atoms with van der Waals surface area (Å²) in [6.07, 6.45) is -0.802. The van der Waals surface area contributed by atoms with E-state index in [1.54, 1.807) is 18.2 Å². The minimum absolute atomic E-state index is 0.00324. The first kappa shape index (κ1) is 23.4. The second-order valence-electron chi connectivity index (χ2n) is 7.67. The van der Waals surface area contributed by atoms with Crippen LogP contribution in [0.15, 0.2) is 18.2 Å². The van der Waals surface area contributed by atoms with Crippen molar-refractivity contribution in [3.8, 4) is 11.3 Å². The largest absolute Gasteiger partial charge is 0.365 e. The maximum atomic E-state index is 11.9. The molecule has 168 valence electrons. The number of halogens is 4. The lowest BCUT2D eigenvalue weighted by atomic mass is 9.81. The quantitative estimate of drug-likeness (QED) is 0.652. The number of aromatic nitrogens is 2. The number of rotatable bonds is 5. The van der Waals surface area contributed by atoms with Crippen LogP contribution < -0.4 is 11.1 Å². The number of hydrogen-bond donors (Lipinski definition) is 2. The summed E-state index contributed by atoms with van der Waals surface area (Å²) in [5.74, 6) is -0.968. The average Bonchev–Trinajstić information content (AvgIpc) is 3.05. The van der Waals surface area contributed by atoms with Crippen LogP contribution in [0.5, 0.6) is 0 Å². The fraction of sp³-hybridized carbons (Fsp3) is 0.450. The predicted molar refractivity (Wildman–Crippen MR) is 114 cm³/mol. The van der Waals surface area contributed by atoms with Gasteiger partial charge in [-0.2, -0.15) is 5.10 Å². The van der Waals surface area contributed by atoms with Gasteiger partial charge in [-0.15, -0.1) is 0 Å². The summed E-state index contributed by atoms with van der Waals surface area (Å²) in [7, 11) is 2.00. The first-order valence-electron chi connectivity index (χ1n) is 9.72. The van der Waals surface area contributed by atoms with Crippen LogP contribution >= 0.6 is 23.2 Å². The smallest absolute Gasteiger partial charge is 0.252 e. The highest BCUT2D eigenvalue weighted by Gasteiger charge is 2.35. The first-order chi connectivity index (χ1) is 14.7. The third kappa shape index (κ3) is 5.34. The number of benzene rings is 1. The third-order valence-electron chi connectivity index (χ3n) is 5.44. The first-order valence-corrected chi connectivity index (χ1v) is 10.5. The predicted octanol–water partition coefficient (Wildman–Crippen LogP) is 3.18. The Bertz CT molecular complexity index is 963. The minimum atomic E-state index is -2.22. The summed E-state index contributed by atoms with van der Waals surface area (Å²) in [5, 5.41) is 7.87. The molecule has 1 aliphatic heterocycles. The number of alkyl halides is 2. The molecular weight excluding hydrogens is 451 g/mol. The number of carbonyl (C=O) groups excluding carboxylic acids is 2. The van der Waals surface area contributed by atoms with Crippen LogP contribution in [0.25, 0.3) is 11.3 Å². The molecule has 11 heteroatoms. The van der Waals surface area contributed by atoms with Crippen molar-refractivity contribution < 1.29 is 18.4 Å². The number of likely N-dealkylation sites (N-methyl/N-ethyl adjacent to an activating group) is 1. The van der Waals surface area contributed by atoms with Crippen LogP contribution in [0.4, 0.5) is 8.78 Å². The monoisotopic (exact) mass is 473 g/mol. The van der Waals surface area contributed by atoms with Gasteiger partial charge in [0.25, 0.3) is 5.91 Å². The van der Waals surface area contributed by atoms with Gasteiger partial charge in [0, 0.05) is 30.6 Å². The van der Waals surface area contributed by atoms with E-state index >= 15 is 0 Å². The van der Waals surface area contributed by atoms with Crippen molar-refractivity contribution in [2.45, 2.75) is 38.4 Å². The Morgan fingerprint density at radius 3 is 2.58 bits per heavy atom. The minimum Gasteiger partial charge on any atom is -0.365 e. The van der Waals surface area contributed by atoms with Gasteiger partial charge in [-0.25, -0.2) is 8.78 Å². The molecule has 7 nitrogen and oxygen atoms in total. The van der Waals surface area contributed by atoms with Gasteiger partial charge in [-0.05, 0) is 32.0 Å². The van der Waals surface area contributed by atoms with Gasteiger partial charge in [0.15, 0.2) is 0 Å². The SMILES string of the molecule is CN1CCn2nc(-c3ccc(Cl)c(Cl)c3)c(C(N)=O)c2C1.O=CNC1CC(C(F)F)C1. The molecule has 31 heavy (non-hydrogen) atoms. The molecule has 1 aliphatic carbocycles. The van der Waals surface area contributed by atoms with Crippen LogP contribution in [-0.2, 0) is 17.9 Å². The normalized spacial score (nSPS) is 20.3. The number of carbonyl (C=O) groups is 2. The van der Waals surface area contributed by atoms with E-state index in [9.17, 15) is 18.4 Å². The highest BCUT2D eigenvalue weighted by Crippen LogP contribution is 2.33. The molecule has 3 N–H and O–H groups in total. The molecule has 1 saturated carbocycles. The molecule has 2 aliphatic rings. The lowest BCUT2D eigenvalue weighted by Crippen LogP contribution is -2.43. The molecule has 0 radical (unpaired) electrons. The molecule has 0 spiro atoms. The van der Waals surface area contributed by atoms with Crippen LogP contribution in [0.3, 0.4) is 0 Å². The summed E-state index contributed by atoms with van der Waals surface area (Å²) >= 11 is 12.0. The maximum Gasteiger partial charge on any atom is 0.252 e. The lowest BCUT2D eigenvalue weighted by molar-refractivity contribution is -0.111. The Hall–Kier alpha value is -2.23. The van der Waals surface area contributed by atoms with Gasteiger partial charge in [0.05, 0.1) is 27.8 Å². The Morgan fingerprint density at radius 2 is 2.00 bits per heavy atom. The van der Waals surface area contributed by atoms with Gasteiger partial charge in [-0.1, -0.05) is 29.3 Å². The number of nitrogens with two attached hydrogens (primary N) is 1. The molecule has 0 atom stereocenters. The number of nitrogens with zero attached hydrogens (tertiary/aromatic N) is 3. The number of fused-ring (bicyclic) bond motifs is 1. The summed E-state index contributed by atoms with van der Waals surface area (Å²) in [6.45, 7) is 2.26. The maximum absolute atomic E-state index is 11.9. The topological polar surface area (TPSA) is 93.2 Å². The molecule has 0 bridgehead atoms. The average molecular weight is 474 g/mol. The Labute approximate surface area is 188 Å². The molecule has 4 rings (SSSR count). The number of primary amides is 1. The zero-order valence-electron chi connectivity index (χ0n) is 16.8. The molecule has 0 unspecified atom stereocenters. The van der Waals surface area contributed by atoms with E-state index < -0.39 is 18.3 Å². The van der Waals surface area contributed by atoms with Gasteiger partial charge in [0.2, 0.25) is 12.8 Å². The summed E-state index contributed by atoms with van der Waals surface area (Å²) < 4.78 is 25.4. The second kappa shape index (κ2) is 9.93. The zero-order valence-corrected chi connectivity index (χ0v) is 18.3. The Balaban J connectivity index is 0.000000229. The second-order valence-corrected chi connectivity index (χ2v) is 8.49. The highest BCUT2D eigenvalue weighted by atomic mass is 35.5. The molecule has 0 saturated heterocycles. The van der Waals surface area contributed by atoms with E-state index in [-0.39, 0.29) is 6.04 Å². The van der Waals surface area contributed by atoms with Crippen molar-refractivity contribution in [2.75, 3.05) is 13.6 Å². The number of nitrogens with one attached hydrogen (secondary N) is 1. The Morgan fingerprint density at radius 1 is 1.29 bits per heavy atom. The van der Waals surface area contributed by atoms with Crippen LogP contribution in [-0.4, -0.2) is 53.1 Å². The molecule has 1 aromatic heterocycles. The molecular formula is C20H23Cl2F2N5O2. The van der Waals surface area contributed by atoms with Crippen molar-refractivity contribution in [2.24, 2.45) is 11.7 Å². The van der Waals surface area contributed by atoms with Crippen molar-refractivity contribution in [1.82, 2.24) is 20.0 Å². The van der Waals surface area contributed by atoms with Gasteiger partial charge in [-0.3, -0.25) is 19.2 Å². The zero-order chi connectivity index (χ0) is 22.7. The fourth-order valence-electron chi connectivity index (χ4n) is 3.65. The summed E-state index contributed by atoms with van der Waals surface area (Å²) in [4.78, 5) is 23.8. The van der Waals surface area contributed by atoms with E-state index in [1.165, 1.54) is 0 Å². The number of amides is 2.